The molecule has 1 amide bonds. The lowest BCUT2D eigenvalue weighted by atomic mass is 10.1. The molecule has 0 aliphatic carbocycles. The fraction of sp³-hybridized carbons (Fsp3) is 0.200. The largest absolute Gasteiger partial charge is 0.493 e. The Hall–Kier alpha value is -2.36. The van der Waals surface area contributed by atoms with Gasteiger partial charge in [0.05, 0.1) is 12.2 Å². The number of nitrogens with zero attached hydrogens (tertiary/aromatic N) is 1. The number of pyridine rings is 1. The molecule has 1 aliphatic rings. The van der Waals surface area contributed by atoms with E-state index in [4.69, 9.17) is 4.74 Å². The van der Waals surface area contributed by atoms with E-state index in [2.05, 4.69) is 16.4 Å². The minimum absolute atomic E-state index is 0.107. The van der Waals surface area contributed by atoms with Crippen LogP contribution >= 0.6 is 0 Å². The van der Waals surface area contributed by atoms with Crippen LogP contribution in [0.3, 0.4) is 0 Å². The number of hydrogen-bond donors (Lipinski definition) is 1. The molecule has 1 aromatic heterocycles. The molecule has 1 aromatic carbocycles. The van der Waals surface area contributed by atoms with Crippen LogP contribution in [-0.4, -0.2) is 17.5 Å². The zero-order valence-electron chi connectivity index (χ0n) is 10.4. The lowest BCUT2D eigenvalue weighted by molar-refractivity contribution is 0.0950. The number of benzene rings is 1. The smallest absolute Gasteiger partial charge is 0.253 e. The molecule has 4 heteroatoms. The SMILES string of the molecule is O=C(NCc1ccc2c(c1)CCO2)c1cccnc1. The Morgan fingerprint density at radius 1 is 1.37 bits per heavy atom. The molecule has 1 aliphatic heterocycles. The predicted molar refractivity (Wildman–Crippen MR) is 71.0 cm³/mol. The van der Waals surface area contributed by atoms with Gasteiger partial charge in [-0.15, -0.1) is 0 Å². The summed E-state index contributed by atoms with van der Waals surface area (Å²) in [5, 5.41) is 2.89. The monoisotopic (exact) mass is 254 g/mol. The van der Waals surface area contributed by atoms with Crippen LogP contribution in [0, 0.1) is 0 Å². The summed E-state index contributed by atoms with van der Waals surface area (Å²) in [7, 11) is 0. The molecular formula is C15H14N2O2. The van der Waals surface area contributed by atoms with Gasteiger partial charge < -0.3 is 10.1 Å². The Kier molecular flexibility index (Phi) is 3.14. The number of nitrogens with one attached hydrogen (secondary N) is 1. The Bertz CT molecular complexity index is 596. The van der Waals surface area contributed by atoms with Crippen molar-refractivity contribution in [1.82, 2.24) is 10.3 Å². The summed E-state index contributed by atoms with van der Waals surface area (Å²) in [5.74, 6) is 0.854. The summed E-state index contributed by atoms with van der Waals surface area (Å²) >= 11 is 0. The first-order valence-corrected chi connectivity index (χ1v) is 6.26. The second-order valence-electron chi connectivity index (χ2n) is 4.46. The number of hydrogen-bond acceptors (Lipinski definition) is 3. The third-order valence-corrected chi connectivity index (χ3v) is 3.13. The van der Waals surface area contributed by atoms with Crippen LogP contribution in [-0.2, 0) is 13.0 Å². The zero-order valence-corrected chi connectivity index (χ0v) is 10.4. The Morgan fingerprint density at radius 3 is 3.16 bits per heavy atom. The van der Waals surface area contributed by atoms with Crippen molar-refractivity contribution in [2.45, 2.75) is 13.0 Å². The van der Waals surface area contributed by atoms with Crippen LogP contribution in [0.25, 0.3) is 0 Å². The number of rotatable bonds is 3. The third kappa shape index (κ3) is 2.57. The first kappa shape index (κ1) is 11.7. The van der Waals surface area contributed by atoms with Crippen molar-refractivity contribution in [3.63, 3.8) is 0 Å². The highest BCUT2D eigenvalue weighted by Crippen LogP contribution is 2.25. The number of carbonyl (C=O) groups excluding carboxylic acids is 1. The molecule has 3 rings (SSSR count). The Morgan fingerprint density at radius 2 is 2.32 bits per heavy atom. The molecule has 0 spiro atoms. The lowest BCUT2D eigenvalue weighted by Gasteiger charge is -2.06. The van der Waals surface area contributed by atoms with Gasteiger partial charge in [0.15, 0.2) is 0 Å². The summed E-state index contributed by atoms with van der Waals surface area (Å²) < 4.78 is 5.45. The topological polar surface area (TPSA) is 51.2 Å². The third-order valence-electron chi connectivity index (χ3n) is 3.13. The highest BCUT2D eigenvalue weighted by atomic mass is 16.5. The quantitative estimate of drug-likeness (QED) is 0.910. The average Bonchev–Trinajstić information content (AvgIpc) is 2.93. The summed E-state index contributed by atoms with van der Waals surface area (Å²) in [6.07, 6.45) is 4.16. The number of carbonyl (C=O) groups is 1. The maximum absolute atomic E-state index is 11.9. The first-order valence-electron chi connectivity index (χ1n) is 6.26. The number of aromatic nitrogens is 1. The summed E-state index contributed by atoms with van der Waals surface area (Å²) in [6, 6.07) is 9.54. The maximum atomic E-state index is 11.9. The molecule has 0 saturated heterocycles. The molecule has 2 aromatic rings. The van der Waals surface area contributed by atoms with Gasteiger partial charge in [0.25, 0.3) is 5.91 Å². The summed E-state index contributed by atoms with van der Waals surface area (Å²) in [5.41, 5.74) is 2.88. The number of amides is 1. The van der Waals surface area contributed by atoms with Crippen molar-refractivity contribution in [2.75, 3.05) is 6.61 Å². The van der Waals surface area contributed by atoms with Crippen molar-refractivity contribution >= 4 is 5.91 Å². The van der Waals surface area contributed by atoms with E-state index in [1.807, 2.05) is 12.1 Å². The van der Waals surface area contributed by atoms with Crippen molar-refractivity contribution < 1.29 is 9.53 Å². The van der Waals surface area contributed by atoms with Crippen molar-refractivity contribution in [2.24, 2.45) is 0 Å². The molecule has 0 atom stereocenters. The van der Waals surface area contributed by atoms with Crippen molar-refractivity contribution in [1.29, 1.82) is 0 Å². The normalized spacial score (nSPS) is 12.6. The maximum Gasteiger partial charge on any atom is 0.253 e. The molecule has 19 heavy (non-hydrogen) atoms. The van der Waals surface area contributed by atoms with Gasteiger partial charge >= 0.3 is 0 Å². The Balaban J connectivity index is 1.65. The van der Waals surface area contributed by atoms with Crippen molar-refractivity contribution in [3.05, 3.63) is 59.4 Å². The van der Waals surface area contributed by atoms with E-state index >= 15 is 0 Å². The Labute approximate surface area is 111 Å². The van der Waals surface area contributed by atoms with Gasteiger partial charge in [0, 0.05) is 25.4 Å². The number of fused-ring (bicyclic) bond motifs is 1. The van der Waals surface area contributed by atoms with Crippen LogP contribution in [0.2, 0.25) is 0 Å². The molecular weight excluding hydrogens is 240 g/mol. The average molecular weight is 254 g/mol. The molecule has 2 heterocycles. The van der Waals surface area contributed by atoms with E-state index in [1.54, 1.807) is 24.5 Å². The molecule has 0 saturated carbocycles. The van der Waals surface area contributed by atoms with E-state index in [0.29, 0.717) is 12.1 Å². The highest BCUT2D eigenvalue weighted by Gasteiger charge is 2.12. The number of ether oxygens (including phenoxy) is 1. The van der Waals surface area contributed by atoms with Crippen LogP contribution in [0.4, 0.5) is 0 Å². The van der Waals surface area contributed by atoms with Gasteiger partial charge in [0.1, 0.15) is 5.75 Å². The molecule has 1 N–H and O–H groups in total. The first-order chi connectivity index (χ1) is 9.33. The molecule has 0 fully saturated rings. The van der Waals surface area contributed by atoms with Gasteiger partial charge in [-0.3, -0.25) is 9.78 Å². The van der Waals surface area contributed by atoms with Gasteiger partial charge in [-0.05, 0) is 29.3 Å². The lowest BCUT2D eigenvalue weighted by Crippen LogP contribution is -2.22. The van der Waals surface area contributed by atoms with E-state index in [1.165, 1.54) is 5.56 Å². The van der Waals surface area contributed by atoms with Gasteiger partial charge in [0.2, 0.25) is 0 Å². The van der Waals surface area contributed by atoms with Crippen LogP contribution in [0.5, 0.6) is 5.75 Å². The predicted octanol–water partition coefficient (Wildman–Crippen LogP) is 1.95. The zero-order chi connectivity index (χ0) is 13.1. The standard InChI is InChI=1S/C15H14N2O2/c18-15(13-2-1-6-16-10-13)17-9-11-3-4-14-12(8-11)5-7-19-14/h1-4,6,8,10H,5,7,9H2,(H,17,18). The summed E-state index contributed by atoms with van der Waals surface area (Å²) in [6.45, 7) is 1.27. The van der Waals surface area contributed by atoms with E-state index in [0.717, 1.165) is 24.3 Å². The molecule has 4 nitrogen and oxygen atoms in total. The van der Waals surface area contributed by atoms with Crippen LogP contribution in [0.15, 0.2) is 42.7 Å². The van der Waals surface area contributed by atoms with Crippen LogP contribution in [0.1, 0.15) is 21.5 Å². The fourth-order valence-corrected chi connectivity index (χ4v) is 2.13. The second kappa shape index (κ2) is 5.10. The van der Waals surface area contributed by atoms with E-state index < -0.39 is 0 Å². The molecule has 0 radical (unpaired) electrons. The van der Waals surface area contributed by atoms with E-state index in [9.17, 15) is 4.79 Å². The van der Waals surface area contributed by atoms with Gasteiger partial charge in [-0.25, -0.2) is 0 Å². The minimum Gasteiger partial charge on any atom is -0.493 e. The summed E-state index contributed by atoms with van der Waals surface area (Å²) in [4.78, 5) is 15.8. The van der Waals surface area contributed by atoms with E-state index in [-0.39, 0.29) is 5.91 Å². The van der Waals surface area contributed by atoms with Gasteiger partial charge in [-0.1, -0.05) is 12.1 Å². The molecule has 0 unspecified atom stereocenters. The van der Waals surface area contributed by atoms with Gasteiger partial charge in [-0.2, -0.15) is 0 Å². The minimum atomic E-state index is -0.107. The fourth-order valence-electron chi connectivity index (χ4n) is 2.13. The van der Waals surface area contributed by atoms with Crippen LogP contribution < -0.4 is 10.1 Å². The molecule has 96 valence electrons. The second-order valence-corrected chi connectivity index (χ2v) is 4.46. The molecule has 0 bridgehead atoms. The highest BCUT2D eigenvalue weighted by molar-refractivity contribution is 5.93. The van der Waals surface area contributed by atoms with Crippen molar-refractivity contribution in [3.8, 4) is 5.75 Å².